The Morgan fingerprint density at radius 3 is 2.48 bits per heavy atom. The monoisotopic (exact) mass is 366 g/mol. The number of ether oxygens (including phenoxy) is 1. The van der Waals surface area contributed by atoms with Crippen LogP contribution in [0, 0.1) is 0 Å². The van der Waals surface area contributed by atoms with E-state index in [2.05, 4.69) is 46.2 Å². The normalized spacial score (nSPS) is 20.7. The average Bonchev–Trinajstić information content (AvgIpc) is 2.70. The van der Waals surface area contributed by atoms with Crippen molar-refractivity contribution in [3.63, 3.8) is 0 Å². The number of morpholine rings is 1. The zero-order valence-corrected chi connectivity index (χ0v) is 16.0. The van der Waals surface area contributed by atoms with E-state index in [0.717, 1.165) is 65.2 Å². The van der Waals surface area contributed by atoms with Crippen molar-refractivity contribution in [1.82, 2.24) is 9.80 Å². The highest BCUT2D eigenvalue weighted by molar-refractivity contribution is 5.27. The minimum absolute atomic E-state index is 0.146. The van der Waals surface area contributed by atoms with Crippen LogP contribution < -0.4 is 0 Å². The molecule has 2 saturated heterocycles. The van der Waals surface area contributed by atoms with Crippen molar-refractivity contribution in [2.45, 2.75) is 31.3 Å². The number of aromatic hydroxyl groups is 1. The third kappa shape index (κ3) is 4.52. The Morgan fingerprint density at radius 2 is 1.70 bits per heavy atom. The Bertz CT molecular complexity index is 726. The summed E-state index contributed by atoms with van der Waals surface area (Å²) in [5.74, 6) is 0.352. The van der Waals surface area contributed by atoms with E-state index in [1.165, 1.54) is 11.1 Å². The van der Waals surface area contributed by atoms with E-state index in [0.29, 0.717) is 5.75 Å². The Kier molecular flexibility index (Phi) is 5.77. The van der Waals surface area contributed by atoms with E-state index < -0.39 is 0 Å². The molecule has 1 N–H and O–H groups in total. The molecular formula is C23H30N2O2. The fourth-order valence-corrected chi connectivity index (χ4v) is 4.47. The highest BCUT2D eigenvalue weighted by Crippen LogP contribution is 2.33. The van der Waals surface area contributed by atoms with Crippen LogP contribution in [0.25, 0.3) is 0 Å². The molecule has 2 aliphatic rings. The van der Waals surface area contributed by atoms with Crippen LogP contribution in [0.15, 0.2) is 54.6 Å². The van der Waals surface area contributed by atoms with E-state index in [4.69, 9.17) is 4.74 Å². The Hall–Kier alpha value is -1.88. The molecule has 2 aromatic rings. The van der Waals surface area contributed by atoms with Crippen LogP contribution in [0.5, 0.6) is 5.75 Å². The average molecular weight is 367 g/mol. The number of hydrogen-bond donors (Lipinski definition) is 1. The highest BCUT2D eigenvalue weighted by Gasteiger charge is 2.41. The quantitative estimate of drug-likeness (QED) is 0.881. The zero-order valence-electron chi connectivity index (χ0n) is 16.0. The van der Waals surface area contributed by atoms with Gasteiger partial charge in [-0.1, -0.05) is 42.5 Å². The van der Waals surface area contributed by atoms with Crippen molar-refractivity contribution in [2.24, 2.45) is 0 Å². The number of benzene rings is 2. The maximum atomic E-state index is 9.78. The van der Waals surface area contributed by atoms with E-state index in [1.807, 2.05) is 12.1 Å². The molecular weight excluding hydrogens is 336 g/mol. The van der Waals surface area contributed by atoms with Gasteiger partial charge in [0.2, 0.25) is 0 Å². The molecule has 144 valence electrons. The van der Waals surface area contributed by atoms with Gasteiger partial charge >= 0.3 is 0 Å². The summed E-state index contributed by atoms with van der Waals surface area (Å²) in [5.41, 5.74) is 2.75. The van der Waals surface area contributed by atoms with Crippen molar-refractivity contribution in [1.29, 1.82) is 0 Å². The topological polar surface area (TPSA) is 35.9 Å². The Labute approximate surface area is 162 Å². The van der Waals surface area contributed by atoms with Crippen LogP contribution in [-0.2, 0) is 17.7 Å². The molecule has 4 nitrogen and oxygen atoms in total. The van der Waals surface area contributed by atoms with E-state index >= 15 is 0 Å². The van der Waals surface area contributed by atoms with Crippen LogP contribution in [0.3, 0.4) is 0 Å². The Balaban J connectivity index is 1.35. The summed E-state index contributed by atoms with van der Waals surface area (Å²) >= 11 is 0. The maximum Gasteiger partial charge on any atom is 0.115 e. The fraction of sp³-hybridized carbons (Fsp3) is 0.478. The third-order valence-corrected chi connectivity index (χ3v) is 6.18. The molecule has 2 heterocycles. The lowest BCUT2D eigenvalue weighted by Gasteiger charge is -2.51. The van der Waals surface area contributed by atoms with Gasteiger partial charge in [-0.2, -0.15) is 0 Å². The fourth-order valence-electron chi connectivity index (χ4n) is 4.47. The number of hydrogen-bond acceptors (Lipinski definition) is 4. The van der Waals surface area contributed by atoms with Gasteiger partial charge in [0.1, 0.15) is 5.75 Å². The summed E-state index contributed by atoms with van der Waals surface area (Å²) in [6, 6.07) is 18.4. The first-order valence-corrected chi connectivity index (χ1v) is 10.1. The van der Waals surface area contributed by atoms with Gasteiger partial charge in [-0.15, -0.1) is 0 Å². The molecule has 4 rings (SSSR count). The second-order valence-corrected chi connectivity index (χ2v) is 7.95. The summed E-state index contributed by atoms with van der Waals surface area (Å²) in [4.78, 5) is 5.19. The number of phenolic OH excluding ortho intramolecular Hbond substituents is 1. The van der Waals surface area contributed by atoms with E-state index in [1.54, 1.807) is 6.07 Å². The first-order chi connectivity index (χ1) is 13.2. The van der Waals surface area contributed by atoms with Crippen LogP contribution in [0.4, 0.5) is 0 Å². The lowest BCUT2D eigenvalue weighted by atomic mass is 9.85. The molecule has 0 aromatic heterocycles. The van der Waals surface area contributed by atoms with Crippen LogP contribution in [-0.4, -0.2) is 59.8 Å². The minimum Gasteiger partial charge on any atom is -0.508 e. The van der Waals surface area contributed by atoms with Crippen LogP contribution in [0.2, 0.25) is 0 Å². The summed E-state index contributed by atoms with van der Waals surface area (Å²) in [6.07, 6.45) is 3.43. The molecule has 2 fully saturated rings. The molecule has 0 atom stereocenters. The van der Waals surface area contributed by atoms with Crippen molar-refractivity contribution < 1.29 is 9.84 Å². The first-order valence-electron chi connectivity index (χ1n) is 10.1. The van der Waals surface area contributed by atoms with Crippen LogP contribution in [0.1, 0.15) is 24.0 Å². The molecule has 4 heteroatoms. The van der Waals surface area contributed by atoms with Gasteiger partial charge in [0, 0.05) is 25.2 Å². The zero-order chi connectivity index (χ0) is 18.5. The number of nitrogens with zero attached hydrogens (tertiary/aromatic N) is 2. The summed E-state index contributed by atoms with van der Waals surface area (Å²) < 4.78 is 5.91. The Morgan fingerprint density at radius 1 is 0.926 bits per heavy atom. The highest BCUT2D eigenvalue weighted by atomic mass is 16.5. The molecule has 2 aliphatic heterocycles. The number of phenols is 1. The number of piperidine rings is 1. The molecule has 0 bridgehead atoms. The van der Waals surface area contributed by atoms with Crippen LogP contribution >= 0.6 is 0 Å². The minimum atomic E-state index is 0.146. The predicted molar refractivity (Wildman–Crippen MR) is 108 cm³/mol. The molecule has 0 saturated carbocycles. The van der Waals surface area contributed by atoms with Crippen molar-refractivity contribution in [2.75, 3.05) is 39.4 Å². The van der Waals surface area contributed by atoms with Gasteiger partial charge in [-0.05, 0) is 55.6 Å². The maximum absolute atomic E-state index is 9.78. The second-order valence-electron chi connectivity index (χ2n) is 7.95. The predicted octanol–water partition coefficient (Wildman–Crippen LogP) is 3.30. The summed E-state index contributed by atoms with van der Waals surface area (Å²) in [6.45, 7) is 6.89. The van der Waals surface area contributed by atoms with Gasteiger partial charge in [0.15, 0.2) is 0 Å². The SMILES string of the molecule is Oc1cccc(CN2CCOCC23CCN(CCc2ccccc2)CC3)c1. The number of rotatable bonds is 5. The van der Waals surface area contributed by atoms with Gasteiger partial charge in [0.05, 0.1) is 13.2 Å². The smallest absolute Gasteiger partial charge is 0.115 e. The van der Waals surface area contributed by atoms with Crippen molar-refractivity contribution in [3.05, 3.63) is 65.7 Å². The molecule has 1 spiro atoms. The molecule has 0 unspecified atom stereocenters. The number of likely N-dealkylation sites (tertiary alicyclic amines) is 1. The largest absolute Gasteiger partial charge is 0.508 e. The summed E-state index contributed by atoms with van der Waals surface area (Å²) in [5, 5.41) is 9.78. The molecule has 0 amide bonds. The van der Waals surface area contributed by atoms with Crippen molar-refractivity contribution in [3.8, 4) is 5.75 Å². The lowest BCUT2D eigenvalue weighted by molar-refractivity contribution is -0.0987. The standard InChI is InChI=1S/C23H30N2O2/c26-22-8-4-7-21(17-22)18-25-15-16-27-19-23(25)10-13-24(14-11-23)12-9-20-5-2-1-3-6-20/h1-8,17,26H,9-16,18-19H2. The van der Waals surface area contributed by atoms with E-state index in [9.17, 15) is 5.11 Å². The molecule has 2 aromatic carbocycles. The molecule has 0 radical (unpaired) electrons. The van der Waals surface area contributed by atoms with E-state index in [-0.39, 0.29) is 5.54 Å². The van der Waals surface area contributed by atoms with Crippen molar-refractivity contribution >= 4 is 0 Å². The van der Waals surface area contributed by atoms with Gasteiger partial charge in [0.25, 0.3) is 0 Å². The van der Waals surface area contributed by atoms with Gasteiger partial charge in [-0.25, -0.2) is 0 Å². The van der Waals surface area contributed by atoms with Gasteiger partial charge < -0.3 is 14.7 Å². The first kappa shape index (κ1) is 18.5. The lowest BCUT2D eigenvalue weighted by Crippen LogP contribution is -2.61. The molecule has 0 aliphatic carbocycles. The second kappa shape index (κ2) is 8.42. The van der Waals surface area contributed by atoms with Gasteiger partial charge in [-0.3, -0.25) is 4.90 Å². The molecule has 27 heavy (non-hydrogen) atoms. The summed E-state index contributed by atoms with van der Waals surface area (Å²) in [7, 11) is 0. The third-order valence-electron chi connectivity index (χ3n) is 6.18.